The Balaban J connectivity index is 1.61. The predicted molar refractivity (Wildman–Crippen MR) is 165 cm³/mol. The lowest BCUT2D eigenvalue weighted by molar-refractivity contribution is -0.0147. The van der Waals surface area contributed by atoms with Gasteiger partial charge in [0.2, 0.25) is 10.0 Å². The van der Waals surface area contributed by atoms with Crippen LogP contribution < -0.4 is 0 Å². The molecular weight excluding hydrogens is 550 g/mol. The molecule has 0 aliphatic carbocycles. The van der Waals surface area contributed by atoms with Gasteiger partial charge >= 0.3 is 0 Å². The second-order valence-corrected chi connectivity index (χ2v) is 13.4. The van der Waals surface area contributed by atoms with Crippen LogP contribution in [0.15, 0.2) is 77.7 Å². The summed E-state index contributed by atoms with van der Waals surface area (Å²) < 4.78 is 36.8. The minimum Gasteiger partial charge on any atom is -0.394 e. The number of hydrogen-bond donors (Lipinski definition) is 1. The number of hydrogen-bond acceptors (Lipinski definition) is 5. The Morgan fingerprint density at radius 3 is 2.52 bits per heavy atom. The van der Waals surface area contributed by atoms with Crippen molar-refractivity contribution < 1.29 is 23.1 Å². The SMILES string of the molecule is Cc1cccc(S(=O)(=O)N(C)C[C@@H]2OCc3ccccc3-c3c(n(C)c4ccccc34)C(=O)N([C@@H](C)CO)C[C@@H]2C)c1. The first-order valence-electron chi connectivity index (χ1n) is 14.3. The second-order valence-electron chi connectivity index (χ2n) is 11.4. The molecule has 0 spiro atoms. The van der Waals surface area contributed by atoms with Gasteiger partial charge in [-0.1, -0.05) is 61.5 Å². The summed E-state index contributed by atoms with van der Waals surface area (Å²) in [7, 11) is -0.307. The van der Waals surface area contributed by atoms with E-state index < -0.39 is 22.2 Å². The summed E-state index contributed by atoms with van der Waals surface area (Å²) >= 11 is 0. The fraction of sp³-hybridized carbons (Fsp3) is 0.364. The highest BCUT2D eigenvalue weighted by Crippen LogP contribution is 2.38. The first kappa shape index (κ1) is 30.0. The maximum absolute atomic E-state index is 14.5. The van der Waals surface area contributed by atoms with Crippen LogP contribution >= 0.6 is 0 Å². The number of aryl methyl sites for hydroxylation is 2. The van der Waals surface area contributed by atoms with Crippen LogP contribution in [0.25, 0.3) is 22.0 Å². The summed E-state index contributed by atoms with van der Waals surface area (Å²) in [5.74, 6) is -0.435. The molecule has 0 radical (unpaired) electrons. The van der Waals surface area contributed by atoms with Crippen LogP contribution in [0.3, 0.4) is 0 Å². The molecular formula is C33H39N3O5S. The quantitative estimate of drug-likeness (QED) is 0.348. The first-order chi connectivity index (χ1) is 20.0. The third-order valence-corrected chi connectivity index (χ3v) is 10.2. The Bertz CT molecular complexity index is 1710. The van der Waals surface area contributed by atoms with E-state index >= 15 is 0 Å². The zero-order valence-electron chi connectivity index (χ0n) is 24.8. The van der Waals surface area contributed by atoms with E-state index in [1.165, 1.54) is 4.31 Å². The van der Waals surface area contributed by atoms with Crippen molar-refractivity contribution >= 4 is 26.8 Å². The van der Waals surface area contributed by atoms with Crippen LogP contribution in [-0.2, 0) is 28.4 Å². The molecule has 9 heteroatoms. The van der Waals surface area contributed by atoms with Gasteiger partial charge in [-0.3, -0.25) is 4.79 Å². The number of aromatic nitrogens is 1. The Kier molecular flexibility index (Phi) is 8.57. The summed E-state index contributed by atoms with van der Waals surface area (Å²) in [4.78, 5) is 16.4. The minimum atomic E-state index is -3.77. The highest BCUT2D eigenvalue weighted by atomic mass is 32.2. The molecule has 222 valence electrons. The molecule has 1 N–H and O–H groups in total. The molecule has 3 aromatic carbocycles. The monoisotopic (exact) mass is 589 g/mol. The maximum atomic E-state index is 14.5. The Morgan fingerprint density at radius 1 is 1.07 bits per heavy atom. The number of carbonyl (C=O) groups excluding carboxylic acids is 1. The summed E-state index contributed by atoms with van der Waals surface area (Å²) in [6.07, 6.45) is -0.526. The summed E-state index contributed by atoms with van der Waals surface area (Å²) in [5.41, 5.74) is 4.98. The molecule has 0 unspecified atom stereocenters. The van der Waals surface area contributed by atoms with Crippen LogP contribution in [0.2, 0.25) is 0 Å². The molecule has 0 fully saturated rings. The molecule has 1 aliphatic rings. The lowest BCUT2D eigenvalue weighted by atomic mass is 9.96. The van der Waals surface area contributed by atoms with Crippen molar-refractivity contribution in [2.45, 2.75) is 44.4 Å². The number of para-hydroxylation sites is 1. The molecule has 8 nitrogen and oxygen atoms in total. The number of fused-ring (bicyclic) bond motifs is 5. The van der Waals surface area contributed by atoms with Gasteiger partial charge in [0.05, 0.1) is 30.3 Å². The van der Waals surface area contributed by atoms with Gasteiger partial charge in [-0.25, -0.2) is 8.42 Å². The number of rotatable bonds is 6. The fourth-order valence-corrected chi connectivity index (χ4v) is 7.12. The lowest BCUT2D eigenvalue weighted by Crippen LogP contribution is -2.48. The van der Waals surface area contributed by atoms with Gasteiger partial charge in [0.25, 0.3) is 5.91 Å². The van der Waals surface area contributed by atoms with Gasteiger partial charge in [0, 0.05) is 49.6 Å². The number of aliphatic hydroxyl groups is 1. The number of likely N-dealkylation sites (N-methyl/N-ethyl adjacent to an activating group) is 1. The molecule has 0 saturated carbocycles. The maximum Gasteiger partial charge on any atom is 0.271 e. The van der Waals surface area contributed by atoms with Crippen molar-refractivity contribution in [2.24, 2.45) is 13.0 Å². The fourth-order valence-electron chi connectivity index (χ4n) is 5.83. The van der Waals surface area contributed by atoms with Crippen LogP contribution in [0.5, 0.6) is 0 Å². The van der Waals surface area contributed by atoms with Gasteiger partial charge in [-0.2, -0.15) is 4.31 Å². The van der Waals surface area contributed by atoms with Crippen LogP contribution in [0.1, 0.15) is 35.5 Å². The number of sulfonamides is 1. The van der Waals surface area contributed by atoms with Crippen molar-refractivity contribution in [1.29, 1.82) is 0 Å². The molecule has 1 aliphatic heterocycles. The summed E-state index contributed by atoms with van der Waals surface area (Å²) in [6.45, 7) is 6.07. The van der Waals surface area contributed by atoms with Crippen molar-refractivity contribution in [3.63, 3.8) is 0 Å². The molecule has 0 bridgehead atoms. The Hall–Kier alpha value is -3.50. The van der Waals surface area contributed by atoms with Gasteiger partial charge in [-0.15, -0.1) is 0 Å². The number of nitrogens with zero attached hydrogens (tertiary/aromatic N) is 3. The van der Waals surface area contributed by atoms with Crippen molar-refractivity contribution in [3.8, 4) is 11.1 Å². The average Bonchev–Trinajstić information content (AvgIpc) is 3.28. The first-order valence-corrected chi connectivity index (χ1v) is 15.7. The van der Waals surface area contributed by atoms with Crippen molar-refractivity contribution in [1.82, 2.24) is 13.8 Å². The van der Waals surface area contributed by atoms with Crippen LogP contribution in [0.4, 0.5) is 0 Å². The molecule has 1 amide bonds. The zero-order valence-corrected chi connectivity index (χ0v) is 25.6. The largest absolute Gasteiger partial charge is 0.394 e. The topological polar surface area (TPSA) is 92.1 Å². The molecule has 1 aromatic heterocycles. The normalized spacial score (nSPS) is 18.9. The zero-order chi connectivity index (χ0) is 30.2. The van der Waals surface area contributed by atoms with Crippen molar-refractivity contribution in [3.05, 3.63) is 89.6 Å². The third kappa shape index (κ3) is 5.49. The van der Waals surface area contributed by atoms with Gasteiger partial charge in [0.15, 0.2) is 0 Å². The van der Waals surface area contributed by atoms with Gasteiger partial charge < -0.3 is 19.3 Å². The standard InChI is InChI=1S/C33H39N3O5S/c1-22-11-10-13-26(17-22)42(39,40)34(4)19-30-23(2)18-36(24(3)20-37)33(38)32-31(27-14-7-6-12-25(27)21-41-30)28-15-8-9-16-29(28)35(32)5/h6-17,23-24,30,37H,18-21H2,1-5H3/t23-,24-,30-/m0/s1. The minimum absolute atomic E-state index is 0.102. The molecule has 2 heterocycles. The highest BCUT2D eigenvalue weighted by Gasteiger charge is 2.34. The Labute approximate surface area is 248 Å². The molecule has 3 atom stereocenters. The van der Waals surface area contributed by atoms with E-state index in [0.717, 1.165) is 33.2 Å². The third-order valence-electron chi connectivity index (χ3n) is 8.36. The van der Waals surface area contributed by atoms with Crippen LogP contribution in [-0.4, -0.2) is 72.1 Å². The lowest BCUT2D eigenvalue weighted by Gasteiger charge is -2.35. The number of benzene rings is 3. The molecule has 42 heavy (non-hydrogen) atoms. The van der Waals surface area contributed by atoms with E-state index in [1.54, 1.807) is 30.1 Å². The van der Waals surface area contributed by atoms with Gasteiger partial charge in [0.1, 0.15) is 5.69 Å². The summed E-state index contributed by atoms with van der Waals surface area (Å²) in [6, 6.07) is 22.2. The van der Waals surface area contributed by atoms with E-state index in [-0.39, 0.29) is 43.0 Å². The number of ether oxygens (including phenoxy) is 1. The van der Waals surface area contributed by atoms with Crippen LogP contribution in [0, 0.1) is 12.8 Å². The van der Waals surface area contributed by atoms with E-state index in [1.807, 2.05) is 87.0 Å². The molecule has 5 rings (SSSR count). The van der Waals surface area contributed by atoms with E-state index in [2.05, 4.69) is 0 Å². The van der Waals surface area contributed by atoms with Gasteiger partial charge in [-0.05, 0) is 48.7 Å². The average molecular weight is 590 g/mol. The predicted octanol–water partition coefficient (Wildman–Crippen LogP) is 4.83. The number of aliphatic hydroxyl groups excluding tert-OH is 1. The van der Waals surface area contributed by atoms with E-state index in [0.29, 0.717) is 5.69 Å². The number of carbonyl (C=O) groups is 1. The van der Waals surface area contributed by atoms with E-state index in [9.17, 15) is 18.3 Å². The summed E-state index contributed by atoms with van der Waals surface area (Å²) in [5, 5.41) is 11.2. The molecule has 4 aromatic rings. The number of amides is 1. The highest BCUT2D eigenvalue weighted by molar-refractivity contribution is 7.89. The van der Waals surface area contributed by atoms with E-state index in [4.69, 9.17) is 4.74 Å². The van der Waals surface area contributed by atoms with Crippen molar-refractivity contribution in [2.75, 3.05) is 26.7 Å². The smallest absolute Gasteiger partial charge is 0.271 e. The second kappa shape index (κ2) is 12.0. The Morgan fingerprint density at radius 2 is 1.79 bits per heavy atom. The molecule has 0 saturated heterocycles.